The van der Waals surface area contributed by atoms with Gasteiger partial charge in [0.2, 0.25) is 0 Å². The molecule has 4 heteroatoms. The van der Waals surface area contributed by atoms with Crippen LogP contribution >= 0.6 is 0 Å². The highest BCUT2D eigenvalue weighted by Crippen LogP contribution is 2.29. The van der Waals surface area contributed by atoms with Crippen molar-refractivity contribution in [3.05, 3.63) is 47.5 Å². The smallest absolute Gasteiger partial charge is 0.264 e. The van der Waals surface area contributed by atoms with E-state index in [1.165, 1.54) is 4.90 Å². The molecule has 0 heterocycles. The van der Waals surface area contributed by atoms with Crippen molar-refractivity contribution in [3.63, 3.8) is 0 Å². The summed E-state index contributed by atoms with van der Waals surface area (Å²) in [5.41, 5.74) is 0.925. The molecule has 0 aliphatic carbocycles. The van der Waals surface area contributed by atoms with Crippen molar-refractivity contribution in [1.82, 2.24) is 4.90 Å². The summed E-state index contributed by atoms with van der Waals surface area (Å²) in [4.78, 5) is 13.3. The van der Waals surface area contributed by atoms with Crippen LogP contribution in [-0.2, 0) is 4.79 Å². The number of hydrogen-bond acceptors (Lipinski definition) is 3. The molecule has 0 unspecified atom stereocenters. The molecule has 106 valence electrons. The summed E-state index contributed by atoms with van der Waals surface area (Å²) in [6, 6.07) is 13.4. The van der Waals surface area contributed by atoms with Gasteiger partial charge in [0.05, 0.1) is 7.11 Å². The van der Waals surface area contributed by atoms with Crippen LogP contribution in [0.3, 0.4) is 0 Å². The fraction of sp³-hybridized carbons (Fsp3) is 0.176. The zero-order valence-corrected chi connectivity index (χ0v) is 12.3. The Bertz CT molecular complexity index is 755. The van der Waals surface area contributed by atoms with Crippen molar-refractivity contribution >= 4 is 22.8 Å². The maximum Gasteiger partial charge on any atom is 0.264 e. The Morgan fingerprint density at radius 2 is 1.86 bits per heavy atom. The number of nitriles is 1. The molecule has 0 atom stereocenters. The van der Waals surface area contributed by atoms with Gasteiger partial charge in [-0.25, -0.2) is 0 Å². The first-order chi connectivity index (χ1) is 10.1. The van der Waals surface area contributed by atoms with Gasteiger partial charge >= 0.3 is 0 Å². The summed E-state index contributed by atoms with van der Waals surface area (Å²) in [6.45, 7) is 0. The molecular weight excluding hydrogens is 264 g/mol. The molecule has 0 spiro atoms. The van der Waals surface area contributed by atoms with Gasteiger partial charge < -0.3 is 9.64 Å². The van der Waals surface area contributed by atoms with E-state index < -0.39 is 0 Å². The van der Waals surface area contributed by atoms with Gasteiger partial charge in [-0.1, -0.05) is 30.3 Å². The number of ether oxygens (including phenoxy) is 1. The third-order valence-electron chi connectivity index (χ3n) is 3.19. The normalized spacial score (nSPS) is 11.0. The third-order valence-corrected chi connectivity index (χ3v) is 3.19. The minimum atomic E-state index is -0.308. The van der Waals surface area contributed by atoms with Crippen LogP contribution in [0, 0.1) is 11.3 Å². The van der Waals surface area contributed by atoms with Gasteiger partial charge in [-0.2, -0.15) is 5.26 Å². The van der Waals surface area contributed by atoms with E-state index in [4.69, 9.17) is 4.74 Å². The number of carbonyl (C=O) groups excluding carboxylic acids is 1. The highest BCUT2D eigenvalue weighted by molar-refractivity contribution is 6.04. The Morgan fingerprint density at radius 3 is 2.43 bits per heavy atom. The molecule has 0 aromatic heterocycles. The summed E-state index contributed by atoms with van der Waals surface area (Å²) in [5.74, 6) is 0.456. The Labute approximate surface area is 123 Å². The van der Waals surface area contributed by atoms with Gasteiger partial charge in [-0.3, -0.25) is 4.79 Å². The van der Waals surface area contributed by atoms with E-state index in [1.807, 2.05) is 42.5 Å². The Morgan fingerprint density at radius 1 is 1.19 bits per heavy atom. The number of rotatable bonds is 3. The van der Waals surface area contributed by atoms with E-state index in [0.29, 0.717) is 0 Å². The molecule has 21 heavy (non-hydrogen) atoms. The number of benzene rings is 2. The van der Waals surface area contributed by atoms with E-state index >= 15 is 0 Å². The molecular formula is C17H16N2O2. The van der Waals surface area contributed by atoms with Crippen LogP contribution in [0.25, 0.3) is 16.8 Å². The average molecular weight is 280 g/mol. The molecule has 2 rings (SSSR count). The number of fused-ring (bicyclic) bond motifs is 1. The second-order valence-corrected chi connectivity index (χ2v) is 4.77. The van der Waals surface area contributed by atoms with Gasteiger partial charge in [0.15, 0.2) is 0 Å². The van der Waals surface area contributed by atoms with Gasteiger partial charge in [0.25, 0.3) is 5.91 Å². The minimum Gasteiger partial charge on any atom is -0.496 e. The monoisotopic (exact) mass is 280 g/mol. The van der Waals surface area contributed by atoms with Crippen LogP contribution < -0.4 is 4.74 Å². The molecule has 0 radical (unpaired) electrons. The maximum absolute atomic E-state index is 11.9. The molecule has 0 aliphatic rings. The van der Waals surface area contributed by atoms with E-state index in [-0.39, 0.29) is 11.5 Å². The van der Waals surface area contributed by atoms with Crippen molar-refractivity contribution in [2.24, 2.45) is 0 Å². The van der Waals surface area contributed by atoms with Gasteiger partial charge in [0, 0.05) is 19.5 Å². The summed E-state index contributed by atoms with van der Waals surface area (Å²) in [5, 5.41) is 11.1. The first kappa shape index (κ1) is 14.6. The third kappa shape index (κ3) is 2.87. The van der Waals surface area contributed by atoms with Crippen molar-refractivity contribution in [2.75, 3.05) is 21.2 Å². The average Bonchev–Trinajstić information content (AvgIpc) is 2.51. The number of methoxy groups -OCH3 is 1. The minimum absolute atomic E-state index is 0.107. The molecule has 2 aromatic rings. The van der Waals surface area contributed by atoms with Gasteiger partial charge in [-0.15, -0.1) is 0 Å². The van der Waals surface area contributed by atoms with Crippen molar-refractivity contribution in [1.29, 1.82) is 5.26 Å². The Kier molecular flexibility index (Phi) is 4.24. The lowest BCUT2D eigenvalue weighted by molar-refractivity contribution is -0.124. The van der Waals surface area contributed by atoms with Crippen LogP contribution in [0.2, 0.25) is 0 Å². The number of carbonyl (C=O) groups is 1. The molecule has 0 aliphatic heterocycles. The zero-order valence-electron chi connectivity index (χ0n) is 12.3. The highest BCUT2D eigenvalue weighted by atomic mass is 16.5. The number of hydrogen-bond donors (Lipinski definition) is 0. The van der Waals surface area contributed by atoms with Gasteiger partial charge in [-0.05, 0) is 23.1 Å². The van der Waals surface area contributed by atoms with Gasteiger partial charge in [0.1, 0.15) is 17.4 Å². The van der Waals surface area contributed by atoms with Crippen LogP contribution in [0.1, 0.15) is 5.56 Å². The first-order valence-corrected chi connectivity index (χ1v) is 6.47. The van der Waals surface area contributed by atoms with E-state index in [2.05, 4.69) is 0 Å². The van der Waals surface area contributed by atoms with Crippen LogP contribution in [0.15, 0.2) is 42.0 Å². The number of likely N-dealkylation sites (N-methyl/N-ethyl adjacent to an activating group) is 1. The quantitative estimate of drug-likeness (QED) is 0.641. The lowest BCUT2D eigenvalue weighted by atomic mass is 10.0. The fourth-order valence-corrected chi connectivity index (χ4v) is 2.14. The summed E-state index contributed by atoms with van der Waals surface area (Å²) >= 11 is 0. The lowest BCUT2D eigenvalue weighted by Gasteiger charge is -2.10. The van der Waals surface area contributed by atoms with Crippen molar-refractivity contribution in [3.8, 4) is 11.8 Å². The summed E-state index contributed by atoms with van der Waals surface area (Å²) in [7, 11) is 4.87. The molecule has 2 aromatic carbocycles. The number of nitrogens with zero attached hydrogens (tertiary/aromatic N) is 2. The zero-order chi connectivity index (χ0) is 15.4. The van der Waals surface area contributed by atoms with Crippen molar-refractivity contribution in [2.45, 2.75) is 0 Å². The Hall–Kier alpha value is -2.80. The fourth-order valence-electron chi connectivity index (χ4n) is 2.14. The first-order valence-electron chi connectivity index (χ1n) is 6.47. The van der Waals surface area contributed by atoms with Crippen LogP contribution in [-0.4, -0.2) is 32.0 Å². The molecule has 0 saturated heterocycles. The molecule has 4 nitrogen and oxygen atoms in total. The van der Waals surface area contributed by atoms with Crippen molar-refractivity contribution < 1.29 is 9.53 Å². The molecule has 0 bridgehead atoms. The van der Waals surface area contributed by atoms with E-state index in [1.54, 1.807) is 27.3 Å². The van der Waals surface area contributed by atoms with E-state index in [9.17, 15) is 10.1 Å². The second kappa shape index (κ2) is 6.10. The largest absolute Gasteiger partial charge is 0.496 e. The lowest BCUT2D eigenvalue weighted by Crippen LogP contribution is -2.22. The highest BCUT2D eigenvalue weighted by Gasteiger charge is 2.12. The standard InChI is InChI=1S/C17H16N2O2/c1-19(2)17(20)13(11-18)10-12-8-9-16(21-3)15-7-5-4-6-14(12)15/h4-10H,1-3H3/b13-10-. The predicted molar refractivity (Wildman–Crippen MR) is 82.8 cm³/mol. The molecule has 1 amide bonds. The van der Waals surface area contributed by atoms with Crippen LogP contribution in [0.4, 0.5) is 0 Å². The topological polar surface area (TPSA) is 53.3 Å². The maximum atomic E-state index is 11.9. The van der Waals surface area contributed by atoms with Crippen LogP contribution in [0.5, 0.6) is 5.75 Å². The summed E-state index contributed by atoms with van der Waals surface area (Å²) in [6.07, 6.45) is 1.62. The Balaban J connectivity index is 2.63. The molecule has 0 fully saturated rings. The molecule has 0 saturated carbocycles. The van der Waals surface area contributed by atoms with E-state index in [0.717, 1.165) is 22.1 Å². The SMILES string of the molecule is COc1ccc(/C=C(/C#N)C(=O)N(C)C)c2ccccc12. The molecule has 0 N–H and O–H groups in total. The summed E-state index contributed by atoms with van der Waals surface area (Å²) < 4.78 is 5.34. The second-order valence-electron chi connectivity index (χ2n) is 4.77. The predicted octanol–water partition coefficient (Wildman–Crippen LogP) is 2.84. The number of amides is 1.